The van der Waals surface area contributed by atoms with Gasteiger partial charge < -0.3 is 36.4 Å². The summed E-state index contributed by atoms with van der Waals surface area (Å²) in [6.07, 6.45) is -0.224. The highest BCUT2D eigenvalue weighted by Crippen LogP contribution is 2.29. The molecule has 5 N–H and O–H groups in total. The van der Waals surface area contributed by atoms with E-state index >= 15 is 0 Å². The molecule has 274 valence electrons. The van der Waals surface area contributed by atoms with Crippen molar-refractivity contribution in [3.63, 3.8) is 0 Å². The molecule has 1 atom stereocenters. The van der Waals surface area contributed by atoms with Gasteiger partial charge in [0, 0.05) is 95.4 Å². The Hall–Kier alpha value is -3.87. The van der Waals surface area contributed by atoms with Crippen molar-refractivity contribution < 1.29 is 33.6 Å². The molecule has 49 heavy (non-hydrogen) atoms. The largest absolute Gasteiger partial charge is 0.356 e. The van der Waals surface area contributed by atoms with Crippen LogP contribution in [0.4, 0.5) is 0 Å². The monoisotopic (exact) mass is 726 g/mol. The molecule has 1 unspecified atom stereocenters. The molecule has 1 aliphatic heterocycles. The molecule has 0 aliphatic carbocycles. The molecule has 1 fully saturated rings. The first-order chi connectivity index (χ1) is 23.6. The van der Waals surface area contributed by atoms with E-state index in [0.717, 1.165) is 5.08 Å². The van der Waals surface area contributed by atoms with Crippen LogP contribution < -0.4 is 26.6 Å². The summed E-state index contributed by atoms with van der Waals surface area (Å²) >= 11 is 3.21. The van der Waals surface area contributed by atoms with Crippen molar-refractivity contribution in [1.82, 2.24) is 51.4 Å². The zero-order chi connectivity index (χ0) is 36.2. The topological polar surface area (TPSA) is 217 Å². The number of carbonyl (C=O) groups excluding carboxylic acids is 7. The number of hydrogen-bond acceptors (Lipinski definition) is 11. The minimum absolute atomic E-state index is 0.00405. The second-order valence-corrected chi connectivity index (χ2v) is 13.4. The summed E-state index contributed by atoms with van der Waals surface area (Å²) in [4.78, 5) is 92.9. The molecular weight excluding hydrogens is 677 g/mol. The molecular formula is C30H50N10O7S2. The van der Waals surface area contributed by atoms with Crippen LogP contribution in [0.5, 0.6) is 0 Å². The molecule has 7 amide bonds. The summed E-state index contributed by atoms with van der Waals surface area (Å²) in [6, 6.07) is 0. The molecule has 1 aromatic rings. The highest BCUT2D eigenvalue weighted by Gasteiger charge is 2.32. The van der Waals surface area contributed by atoms with E-state index in [1.807, 2.05) is 0 Å². The predicted molar refractivity (Wildman–Crippen MR) is 187 cm³/mol. The van der Waals surface area contributed by atoms with Gasteiger partial charge in [0.1, 0.15) is 0 Å². The molecule has 17 nitrogen and oxygen atoms in total. The number of amides is 7. The van der Waals surface area contributed by atoms with Gasteiger partial charge in [0.15, 0.2) is 11.4 Å². The summed E-state index contributed by atoms with van der Waals surface area (Å²) < 4.78 is 1.23. The molecule has 0 spiro atoms. The summed E-state index contributed by atoms with van der Waals surface area (Å²) in [5.41, 5.74) is -0.509. The van der Waals surface area contributed by atoms with Crippen LogP contribution in [0.2, 0.25) is 0 Å². The quantitative estimate of drug-likeness (QED) is 0.0996. The van der Waals surface area contributed by atoms with Gasteiger partial charge in [-0.2, -0.15) is 0 Å². The fourth-order valence-electron chi connectivity index (χ4n) is 4.73. The van der Waals surface area contributed by atoms with Crippen LogP contribution >= 0.6 is 23.5 Å². The second kappa shape index (κ2) is 22.7. The van der Waals surface area contributed by atoms with Crippen LogP contribution in [-0.4, -0.2) is 141 Å². The number of aromatic nitrogens is 3. The normalized spacial score (nSPS) is 13.7. The first-order valence-corrected chi connectivity index (χ1v) is 18.8. The molecule has 19 heteroatoms. The Bertz CT molecular complexity index is 1250. The van der Waals surface area contributed by atoms with Crippen molar-refractivity contribution >= 4 is 64.9 Å². The maximum atomic E-state index is 14.3. The first-order valence-electron chi connectivity index (χ1n) is 16.6. The third-order valence-electron chi connectivity index (χ3n) is 7.18. The van der Waals surface area contributed by atoms with Crippen molar-refractivity contribution in [1.29, 1.82) is 0 Å². The smallest absolute Gasteiger partial charge is 0.276 e. The molecule has 0 aromatic carbocycles. The van der Waals surface area contributed by atoms with Crippen LogP contribution in [0.25, 0.3) is 0 Å². The fraction of sp³-hybridized carbons (Fsp3) is 0.700. The average molecular weight is 727 g/mol. The van der Waals surface area contributed by atoms with Gasteiger partial charge in [0.05, 0.1) is 11.8 Å². The average Bonchev–Trinajstić information content (AvgIpc) is 3.76. The van der Waals surface area contributed by atoms with E-state index in [2.05, 4.69) is 36.9 Å². The Labute approximate surface area is 295 Å². The highest BCUT2D eigenvalue weighted by atomic mass is 32.2. The number of nitrogens with zero attached hydrogens (tertiary/aromatic N) is 5. The highest BCUT2D eigenvalue weighted by molar-refractivity contribution is 8.19. The minimum atomic E-state index is -0.723. The third-order valence-corrected chi connectivity index (χ3v) is 9.96. The number of rotatable bonds is 22. The van der Waals surface area contributed by atoms with E-state index in [1.165, 1.54) is 14.5 Å². The number of nitrogens with one attached hydrogen (secondary N) is 5. The molecule has 0 saturated carbocycles. The summed E-state index contributed by atoms with van der Waals surface area (Å²) in [6.45, 7) is 8.51. The van der Waals surface area contributed by atoms with Crippen LogP contribution in [-0.2, 0) is 30.5 Å². The molecule has 1 aromatic heterocycles. The molecule has 0 radical (unpaired) electrons. The van der Waals surface area contributed by atoms with Gasteiger partial charge >= 0.3 is 0 Å². The zero-order valence-electron chi connectivity index (χ0n) is 28.8. The number of thioether (sulfide) groups is 2. The lowest BCUT2D eigenvalue weighted by atomic mass is 10.2. The lowest BCUT2D eigenvalue weighted by molar-refractivity contribution is -0.122. The summed E-state index contributed by atoms with van der Waals surface area (Å²) in [7, 11) is 0. The summed E-state index contributed by atoms with van der Waals surface area (Å²) in [5, 5.41) is 22.4. The number of carbonyl (C=O) groups is 7. The van der Waals surface area contributed by atoms with E-state index in [-0.39, 0.29) is 111 Å². The maximum Gasteiger partial charge on any atom is 0.276 e. The van der Waals surface area contributed by atoms with Crippen LogP contribution in [0.3, 0.4) is 0 Å². The molecule has 0 bridgehead atoms. The third kappa shape index (κ3) is 14.3. The predicted octanol–water partition coefficient (Wildman–Crippen LogP) is -0.810. The van der Waals surface area contributed by atoms with Crippen LogP contribution in [0.15, 0.2) is 0 Å². The molecule has 2 rings (SSSR count). The van der Waals surface area contributed by atoms with Gasteiger partial charge in [-0.1, -0.05) is 5.21 Å². The van der Waals surface area contributed by atoms with E-state index in [0.29, 0.717) is 31.9 Å². The summed E-state index contributed by atoms with van der Waals surface area (Å²) in [5.74, 6) is -2.06. The first kappa shape index (κ1) is 41.3. The Morgan fingerprint density at radius 2 is 1.14 bits per heavy atom. The van der Waals surface area contributed by atoms with Gasteiger partial charge in [-0.25, -0.2) is 4.68 Å². The van der Waals surface area contributed by atoms with Crippen molar-refractivity contribution in [2.75, 3.05) is 69.7 Å². The van der Waals surface area contributed by atoms with Crippen molar-refractivity contribution in [2.24, 2.45) is 0 Å². The SMILES string of the molecule is CCNC(=O)CCN(CCC(=O)NCC)C(=O)c1nnn(CCNC(=O)C2CSCS2)c1C(=O)N(CCC(=O)NCC)CCC(=O)NCC. The van der Waals surface area contributed by atoms with Gasteiger partial charge in [0.25, 0.3) is 11.8 Å². The van der Waals surface area contributed by atoms with Crippen molar-refractivity contribution in [2.45, 2.75) is 65.2 Å². The van der Waals surface area contributed by atoms with Crippen LogP contribution in [0.1, 0.15) is 74.4 Å². The van der Waals surface area contributed by atoms with E-state index in [4.69, 9.17) is 0 Å². The minimum Gasteiger partial charge on any atom is -0.356 e. The van der Waals surface area contributed by atoms with E-state index in [1.54, 1.807) is 51.2 Å². The maximum absolute atomic E-state index is 14.3. The Morgan fingerprint density at radius 3 is 1.55 bits per heavy atom. The molecule has 1 saturated heterocycles. The van der Waals surface area contributed by atoms with Gasteiger partial charge in [-0.15, -0.1) is 28.6 Å². The fourth-order valence-corrected chi connectivity index (χ4v) is 7.43. The van der Waals surface area contributed by atoms with Gasteiger partial charge in [-0.05, 0) is 27.7 Å². The van der Waals surface area contributed by atoms with Gasteiger partial charge in [-0.3, -0.25) is 33.6 Å². The Balaban J connectivity index is 2.47. The lowest BCUT2D eigenvalue weighted by Crippen LogP contribution is -2.42. The van der Waals surface area contributed by atoms with E-state index < -0.39 is 11.8 Å². The molecule has 1 aliphatic rings. The Morgan fingerprint density at radius 1 is 0.694 bits per heavy atom. The van der Waals surface area contributed by atoms with E-state index in [9.17, 15) is 33.6 Å². The standard InChI is InChI=1S/C30H50N10O7S2/c1-5-31-22(41)9-14-38(15-10-23(42)32-6-2)29(46)26-27(40(37-36-26)18-13-35-28(45)21-19-48-20-49-21)30(47)39(16-11-24(43)33-7-3)17-12-25(44)34-8-4/h21H,5-20H2,1-4H3,(H,31,41)(H,32,42)(H,33,43)(H,34,44)(H,35,45). The van der Waals surface area contributed by atoms with Crippen molar-refractivity contribution in [3.8, 4) is 0 Å². The van der Waals surface area contributed by atoms with Gasteiger partial charge in [0.2, 0.25) is 29.5 Å². The number of hydrogen-bond donors (Lipinski definition) is 5. The Kier molecular flexibility index (Phi) is 19.1. The second-order valence-electron chi connectivity index (χ2n) is 10.8. The van der Waals surface area contributed by atoms with Crippen LogP contribution in [0, 0.1) is 0 Å². The zero-order valence-corrected chi connectivity index (χ0v) is 30.4. The van der Waals surface area contributed by atoms with Crippen molar-refractivity contribution in [3.05, 3.63) is 11.4 Å². The molecule has 2 heterocycles. The lowest BCUT2D eigenvalue weighted by Gasteiger charge is -2.25.